The maximum absolute atomic E-state index is 13.8. The second kappa shape index (κ2) is 6.29. The van der Waals surface area contributed by atoms with E-state index >= 15 is 0 Å². The first-order valence-corrected chi connectivity index (χ1v) is 8.35. The highest BCUT2D eigenvalue weighted by Gasteiger charge is 2.24. The second-order valence-electron chi connectivity index (χ2n) is 5.31. The van der Waals surface area contributed by atoms with Crippen molar-refractivity contribution in [2.75, 3.05) is 13.7 Å². The van der Waals surface area contributed by atoms with Gasteiger partial charge in [-0.05, 0) is 38.5 Å². The van der Waals surface area contributed by atoms with Crippen LogP contribution in [0.1, 0.15) is 29.8 Å². The van der Waals surface area contributed by atoms with Crippen molar-refractivity contribution in [3.05, 3.63) is 29.1 Å². The van der Waals surface area contributed by atoms with Crippen molar-refractivity contribution in [1.82, 2.24) is 5.32 Å². The van der Waals surface area contributed by atoms with Crippen LogP contribution in [0.25, 0.3) is 0 Å². The lowest BCUT2D eigenvalue weighted by Gasteiger charge is -2.25. The molecular formula is C13H17ClFNO4S. The third kappa shape index (κ3) is 4.66. The van der Waals surface area contributed by atoms with E-state index in [0.717, 1.165) is 6.07 Å². The molecule has 118 valence electrons. The Morgan fingerprint density at radius 3 is 2.48 bits per heavy atom. The highest BCUT2D eigenvalue weighted by Crippen LogP contribution is 2.23. The fourth-order valence-corrected chi connectivity index (χ4v) is 2.80. The molecule has 8 heteroatoms. The van der Waals surface area contributed by atoms with E-state index in [0.29, 0.717) is 0 Å². The molecule has 0 aromatic heterocycles. The van der Waals surface area contributed by atoms with Crippen LogP contribution in [0.15, 0.2) is 17.0 Å². The average molecular weight is 338 g/mol. The topological polar surface area (TPSA) is 72.5 Å². The van der Waals surface area contributed by atoms with Crippen LogP contribution in [0.2, 0.25) is 0 Å². The second-order valence-corrected chi connectivity index (χ2v) is 7.85. The number of carbonyl (C=O) groups excluding carboxylic acids is 1. The zero-order valence-corrected chi connectivity index (χ0v) is 13.7. The predicted octanol–water partition coefficient (Wildman–Crippen LogP) is 2.22. The average Bonchev–Trinajstić information content (AvgIpc) is 2.29. The summed E-state index contributed by atoms with van der Waals surface area (Å²) in [5.41, 5.74) is -0.627. The standard InChI is InChI=1S/C13H17ClFNO4S/c1-8-5-9(6-10(11(8)15)21(14,18)19)12(17)16-13(2,3)7-20-4/h5-6H,7H2,1-4H3,(H,16,17). The van der Waals surface area contributed by atoms with Crippen molar-refractivity contribution < 1.29 is 22.3 Å². The van der Waals surface area contributed by atoms with Gasteiger partial charge in [0.25, 0.3) is 15.0 Å². The van der Waals surface area contributed by atoms with Crippen molar-refractivity contribution in [3.8, 4) is 0 Å². The Labute approximate surface area is 127 Å². The molecule has 0 bridgehead atoms. The zero-order chi connectivity index (χ0) is 16.4. The van der Waals surface area contributed by atoms with Crippen LogP contribution in [0.3, 0.4) is 0 Å². The summed E-state index contributed by atoms with van der Waals surface area (Å²) in [6.07, 6.45) is 0. The largest absolute Gasteiger partial charge is 0.382 e. The number of aryl methyl sites for hydroxylation is 1. The summed E-state index contributed by atoms with van der Waals surface area (Å²) < 4.78 is 41.4. The lowest BCUT2D eigenvalue weighted by Crippen LogP contribution is -2.46. The summed E-state index contributed by atoms with van der Waals surface area (Å²) in [5.74, 6) is -1.50. The van der Waals surface area contributed by atoms with Gasteiger partial charge in [-0.2, -0.15) is 0 Å². The smallest absolute Gasteiger partial charge is 0.264 e. The van der Waals surface area contributed by atoms with Crippen LogP contribution in [-0.4, -0.2) is 33.6 Å². The molecule has 0 spiro atoms. The molecule has 1 amide bonds. The Bertz CT molecular complexity index is 658. The molecule has 0 saturated carbocycles. The van der Waals surface area contributed by atoms with Gasteiger partial charge in [0.15, 0.2) is 0 Å². The Morgan fingerprint density at radius 1 is 1.43 bits per heavy atom. The predicted molar refractivity (Wildman–Crippen MR) is 77.6 cm³/mol. The quantitative estimate of drug-likeness (QED) is 0.836. The highest BCUT2D eigenvalue weighted by atomic mass is 35.7. The van der Waals surface area contributed by atoms with Crippen molar-refractivity contribution in [2.24, 2.45) is 0 Å². The first-order chi connectivity index (χ1) is 9.48. The Kier molecular flexibility index (Phi) is 5.35. The molecule has 0 heterocycles. The van der Waals surface area contributed by atoms with Crippen molar-refractivity contribution in [2.45, 2.75) is 31.2 Å². The van der Waals surface area contributed by atoms with Crippen molar-refractivity contribution in [1.29, 1.82) is 0 Å². The van der Waals surface area contributed by atoms with E-state index in [2.05, 4.69) is 5.32 Å². The molecule has 0 atom stereocenters. The molecule has 0 unspecified atom stereocenters. The van der Waals surface area contributed by atoms with Gasteiger partial charge >= 0.3 is 0 Å². The van der Waals surface area contributed by atoms with Crippen LogP contribution < -0.4 is 5.32 Å². The van der Waals surface area contributed by atoms with Gasteiger partial charge in [-0.1, -0.05) is 0 Å². The van der Waals surface area contributed by atoms with Gasteiger partial charge < -0.3 is 10.1 Å². The summed E-state index contributed by atoms with van der Waals surface area (Å²) >= 11 is 0. The first kappa shape index (κ1) is 17.9. The van der Waals surface area contributed by atoms with E-state index in [9.17, 15) is 17.6 Å². The number of carbonyl (C=O) groups is 1. The van der Waals surface area contributed by atoms with Crippen LogP contribution in [0, 0.1) is 12.7 Å². The fraction of sp³-hybridized carbons (Fsp3) is 0.462. The monoisotopic (exact) mass is 337 g/mol. The Hall–Kier alpha value is -1.18. The number of amides is 1. The minimum absolute atomic E-state index is 0.0114. The van der Waals surface area contributed by atoms with Gasteiger partial charge in [-0.3, -0.25) is 4.79 Å². The maximum atomic E-state index is 13.8. The first-order valence-electron chi connectivity index (χ1n) is 6.04. The molecular weight excluding hydrogens is 321 g/mol. The lowest BCUT2D eigenvalue weighted by molar-refractivity contribution is 0.0819. The van der Waals surface area contributed by atoms with Crippen molar-refractivity contribution >= 4 is 25.6 Å². The summed E-state index contributed by atoms with van der Waals surface area (Å²) in [4.78, 5) is 11.4. The van der Waals surface area contributed by atoms with E-state index in [4.69, 9.17) is 15.4 Å². The highest BCUT2D eigenvalue weighted by molar-refractivity contribution is 8.13. The van der Waals surface area contributed by atoms with Gasteiger partial charge in [0.1, 0.15) is 10.7 Å². The lowest BCUT2D eigenvalue weighted by atomic mass is 10.1. The summed E-state index contributed by atoms with van der Waals surface area (Å²) in [6.45, 7) is 5.10. The number of nitrogens with one attached hydrogen (secondary N) is 1. The number of halogens is 2. The minimum atomic E-state index is -4.27. The molecule has 1 aromatic rings. The van der Waals surface area contributed by atoms with Crippen molar-refractivity contribution in [3.63, 3.8) is 0 Å². The minimum Gasteiger partial charge on any atom is -0.382 e. The molecule has 1 aromatic carbocycles. The fourth-order valence-electron chi connectivity index (χ4n) is 1.82. The number of hydrogen-bond acceptors (Lipinski definition) is 4. The molecule has 0 saturated heterocycles. The van der Waals surface area contributed by atoms with Gasteiger partial charge in [-0.25, -0.2) is 12.8 Å². The van der Waals surface area contributed by atoms with Crippen LogP contribution >= 0.6 is 10.7 Å². The molecule has 21 heavy (non-hydrogen) atoms. The maximum Gasteiger partial charge on any atom is 0.264 e. The zero-order valence-electron chi connectivity index (χ0n) is 12.2. The molecule has 0 aliphatic rings. The molecule has 0 aliphatic heterocycles. The molecule has 0 aliphatic carbocycles. The molecule has 0 radical (unpaired) electrons. The van der Waals surface area contributed by atoms with E-state index in [1.54, 1.807) is 13.8 Å². The molecule has 1 rings (SSSR count). The van der Waals surface area contributed by atoms with Crippen LogP contribution in [0.5, 0.6) is 0 Å². The van der Waals surface area contributed by atoms with Gasteiger partial charge in [0.2, 0.25) is 0 Å². The number of methoxy groups -OCH3 is 1. The van der Waals surface area contributed by atoms with Crippen LogP contribution in [-0.2, 0) is 13.8 Å². The van der Waals surface area contributed by atoms with Gasteiger partial charge in [0.05, 0.1) is 12.1 Å². The number of rotatable bonds is 5. The third-order valence-electron chi connectivity index (χ3n) is 2.70. The number of hydrogen-bond donors (Lipinski definition) is 1. The van der Waals surface area contributed by atoms with Gasteiger partial charge in [0, 0.05) is 23.4 Å². The normalized spacial score (nSPS) is 12.3. The SMILES string of the molecule is COCC(C)(C)NC(=O)c1cc(C)c(F)c(S(=O)(=O)Cl)c1. The molecule has 0 fully saturated rings. The summed E-state index contributed by atoms with van der Waals surface area (Å²) in [7, 11) is 2.40. The van der Waals surface area contributed by atoms with E-state index in [1.807, 2.05) is 0 Å². The van der Waals surface area contributed by atoms with Gasteiger partial charge in [-0.15, -0.1) is 0 Å². The molecule has 5 nitrogen and oxygen atoms in total. The van der Waals surface area contributed by atoms with Crippen LogP contribution in [0.4, 0.5) is 4.39 Å². The molecule has 1 N–H and O–H groups in total. The summed E-state index contributed by atoms with van der Waals surface area (Å²) in [5, 5.41) is 2.67. The number of benzene rings is 1. The Balaban J connectivity index is 3.21. The van der Waals surface area contributed by atoms with E-state index in [-0.39, 0.29) is 17.7 Å². The van der Waals surface area contributed by atoms with E-state index in [1.165, 1.54) is 20.1 Å². The Morgan fingerprint density at radius 2 is 2.00 bits per heavy atom. The third-order valence-corrected chi connectivity index (χ3v) is 4.02. The number of ether oxygens (including phenoxy) is 1. The summed E-state index contributed by atoms with van der Waals surface area (Å²) in [6, 6.07) is 2.18. The van der Waals surface area contributed by atoms with E-state index < -0.39 is 31.2 Å².